The first-order valence-corrected chi connectivity index (χ1v) is 7.19. The lowest BCUT2D eigenvalue weighted by Crippen LogP contribution is -2.35. The van der Waals surface area contributed by atoms with Crippen LogP contribution in [0.25, 0.3) is 0 Å². The summed E-state index contributed by atoms with van der Waals surface area (Å²) in [5, 5.41) is 3.42. The number of halogens is 1. The third kappa shape index (κ3) is 4.30. The molecule has 21 heavy (non-hydrogen) atoms. The highest BCUT2D eigenvalue weighted by Gasteiger charge is 2.14. The van der Waals surface area contributed by atoms with Crippen molar-refractivity contribution in [2.75, 3.05) is 11.9 Å². The molecule has 0 radical (unpaired) electrons. The fraction of sp³-hybridized carbons (Fsp3) is 0.333. The van der Waals surface area contributed by atoms with Gasteiger partial charge in [0.25, 0.3) is 0 Å². The molecular formula is C18H23FN2. The highest BCUT2D eigenvalue weighted by atomic mass is 19.1. The smallest absolute Gasteiger partial charge is 0.123 e. The van der Waals surface area contributed by atoms with Gasteiger partial charge in [0.2, 0.25) is 0 Å². The summed E-state index contributed by atoms with van der Waals surface area (Å²) in [7, 11) is 2.00. The molecule has 0 saturated heterocycles. The SMILES string of the molecule is CN(c1ccccc1)c1ccc(F)cc1CNC(C)(C)C. The topological polar surface area (TPSA) is 15.3 Å². The van der Waals surface area contributed by atoms with Crippen LogP contribution < -0.4 is 10.2 Å². The summed E-state index contributed by atoms with van der Waals surface area (Å²) in [4.78, 5) is 2.08. The first-order valence-electron chi connectivity index (χ1n) is 7.19. The number of nitrogens with zero attached hydrogens (tertiary/aromatic N) is 1. The average molecular weight is 286 g/mol. The van der Waals surface area contributed by atoms with Crippen LogP contribution in [0.2, 0.25) is 0 Å². The summed E-state index contributed by atoms with van der Waals surface area (Å²) < 4.78 is 13.6. The van der Waals surface area contributed by atoms with Gasteiger partial charge in [-0.25, -0.2) is 4.39 Å². The van der Waals surface area contributed by atoms with E-state index in [0.29, 0.717) is 6.54 Å². The average Bonchev–Trinajstić information content (AvgIpc) is 2.45. The molecule has 3 heteroatoms. The van der Waals surface area contributed by atoms with E-state index in [1.165, 1.54) is 6.07 Å². The van der Waals surface area contributed by atoms with E-state index in [4.69, 9.17) is 0 Å². The van der Waals surface area contributed by atoms with Crippen molar-refractivity contribution in [1.29, 1.82) is 0 Å². The Bertz CT molecular complexity index is 588. The van der Waals surface area contributed by atoms with E-state index in [2.05, 4.69) is 31.0 Å². The van der Waals surface area contributed by atoms with Gasteiger partial charge in [-0.2, -0.15) is 0 Å². The molecule has 0 fully saturated rings. The zero-order valence-electron chi connectivity index (χ0n) is 13.2. The van der Waals surface area contributed by atoms with Gasteiger partial charge in [-0.05, 0) is 56.7 Å². The van der Waals surface area contributed by atoms with Crippen LogP contribution in [0.1, 0.15) is 26.3 Å². The van der Waals surface area contributed by atoms with E-state index < -0.39 is 0 Å². The van der Waals surface area contributed by atoms with Crippen LogP contribution in [0.4, 0.5) is 15.8 Å². The third-order valence-electron chi connectivity index (χ3n) is 3.36. The van der Waals surface area contributed by atoms with Gasteiger partial charge in [0.15, 0.2) is 0 Å². The molecule has 0 spiro atoms. The lowest BCUT2D eigenvalue weighted by molar-refractivity contribution is 0.424. The number of rotatable bonds is 4. The van der Waals surface area contributed by atoms with Gasteiger partial charge < -0.3 is 10.2 Å². The highest BCUT2D eigenvalue weighted by Crippen LogP contribution is 2.27. The second kappa shape index (κ2) is 6.27. The largest absolute Gasteiger partial charge is 0.344 e. The zero-order valence-corrected chi connectivity index (χ0v) is 13.2. The number of para-hydroxylation sites is 1. The lowest BCUT2D eigenvalue weighted by Gasteiger charge is -2.26. The molecule has 0 saturated carbocycles. The molecule has 0 aromatic heterocycles. The van der Waals surface area contributed by atoms with Crippen molar-refractivity contribution in [2.24, 2.45) is 0 Å². The predicted octanol–water partition coefficient (Wildman–Crippen LogP) is 4.48. The predicted molar refractivity (Wildman–Crippen MR) is 87.5 cm³/mol. The molecule has 0 aliphatic heterocycles. The molecule has 0 heterocycles. The summed E-state index contributed by atoms with van der Waals surface area (Å²) in [6, 6.07) is 15.0. The Morgan fingerprint density at radius 1 is 1.05 bits per heavy atom. The van der Waals surface area contributed by atoms with Gasteiger partial charge in [0.1, 0.15) is 5.82 Å². The maximum Gasteiger partial charge on any atom is 0.123 e. The van der Waals surface area contributed by atoms with Gasteiger partial charge in [0.05, 0.1) is 0 Å². The summed E-state index contributed by atoms with van der Waals surface area (Å²) >= 11 is 0. The quantitative estimate of drug-likeness (QED) is 0.891. The molecule has 2 nitrogen and oxygen atoms in total. The van der Waals surface area contributed by atoms with E-state index in [0.717, 1.165) is 16.9 Å². The summed E-state index contributed by atoms with van der Waals surface area (Å²) in [6.45, 7) is 6.94. The molecule has 0 unspecified atom stereocenters. The van der Waals surface area contributed by atoms with E-state index in [-0.39, 0.29) is 11.4 Å². The van der Waals surface area contributed by atoms with E-state index in [1.54, 1.807) is 6.07 Å². The number of anilines is 2. The molecule has 1 N–H and O–H groups in total. The van der Waals surface area contributed by atoms with Crippen molar-refractivity contribution < 1.29 is 4.39 Å². The highest BCUT2D eigenvalue weighted by molar-refractivity contribution is 5.65. The Kier molecular flexibility index (Phi) is 4.63. The Hall–Kier alpha value is -1.87. The minimum Gasteiger partial charge on any atom is -0.344 e. The number of hydrogen-bond acceptors (Lipinski definition) is 2. The molecule has 0 atom stereocenters. The lowest BCUT2D eigenvalue weighted by atomic mass is 10.1. The molecule has 0 aliphatic carbocycles. The molecule has 0 aliphatic rings. The van der Waals surface area contributed by atoms with Gasteiger partial charge >= 0.3 is 0 Å². The van der Waals surface area contributed by atoms with Crippen LogP contribution in [0, 0.1) is 5.82 Å². The Labute approximate surface area is 126 Å². The van der Waals surface area contributed by atoms with E-state index in [9.17, 15) is 4.39 Å². The molecule has 112 valence electrons. The van der Waals surface area contributed by atoms with Crippen molar-refractivity contribution in [3.8, 4) is 0 Å². The third-order valence-corrected chi connectivity index (χ3v) is 3.36. The fourth-order valence-corrected chi connectivity index (χ4v) is 2.17. The van der Waals surface area contributed by atoms with Crippen LogP contribution in [-0.2, 0) is 6.54 Å². The molecule has 0 bridgehead atoms. The standard InChI is InChI=1S/C18H23FN2/c1-18(2,3)20-13-14-12-15(19)10-11-17(14)21(4)16-8-6-5-7-9-16/h5-12,20H,13H2,1-4H3. The maximum absolute atomic E-state index is 13.6. The van der Waals surface area contributed by atoms with Crippen molar-refractivity contribution in [3.63, 3.8) is 0 Å². The minimum atomic E-state index is -0.203. The van der Waals surface area contributed by atoms with Crippen LogP contribution in [0.15, 0.2) is 48.5 Å². The van der Waals surface area contributed by atoms with Crippen molar-refractivity contribution in [2.45, 2.75) is 32.9 Å². The maximum atomic E-state index is 13.6. The van der Waals surface area contributed by atoms with Gasteiger partial charge in [0, 0.05) is 30.5 Å². The van der Waals surface area contributed by atoms with Crippen LogP contribution in [0.3, 0.4) is 0 Å². The normalized spacial score (nSPS) is 11.5. The van der Waals surface area contributed by atoms with Crippen molar-refractivity contribution in [1.82, 2.24) is 5.32 Å². The fourth-order valence-electron chi connectivity index (χ4n) is 2.17. The number of benzene rings is 2. The van der Waals surface area contributed by atoms with Crippen molar-refractivity contribution in [3.05, 3.63) is 59.9 Å². The molecule has 2 aromatic rings. The van der Waals surface area contributed by atoms with Gasteiger partial charge in [-0.3, -0.25) is 0 Å². The second-order valence-corrected chi connectivity index (χ2v) is 6.27. The molecule has 2 rings (SSSR count). The first kappa shape index (κ1) is 15.5. The first-order chi connectivity index (χ1) is 9.87. The van der Waals surface area contributed by atoms with Crippen LogP contribution in [0.5, 0.6) is 0 Å². The summed E-state index contributed by atoms with van der Waals surface area (Å²) in [5.74, 6) is -0.203. The van der Waals surface area contributed by atoms with E-state index >= 15 is 0 Å². The number of hydrogen-bond donors (Lipinski definition) is 1. The zero-order chi connectivity index (χ0) is 15.5. The Morgan fingerprint density at radius 2 is 1.71 bits per heavy atom. The minimum absolute atomic E-state index is 0.00505. The Balaban J connectivity index is 2.30. The molecule has 2 aromatic carbocycles. The second-order valence-electron chi connectivity index (χ2n) is 6.27. The van der Waals surface area contributed by atoms with E-state index in [1.807, 2.05) is 43.4 Å². The monoisotopic (exact) mass is 286 g/mol. The van der Waals surface area contributed by atoms with Gasteiger partial charge in [-0.1, -0.05) is 18.2 Å². The van der Waals surface area contributed by atoms with Crippen molar-refractivity contribution >= 4 is 11.4 Å². The van der Waals surface area contributed by atoms with Crippen LogP contribution >= 0.6 is 0 Å². The van der Waals surface area contributed by atoms with Crippen LogP contribution in [-0.4, -0.2) is 12.6 Å². The Morgan fingerprint density at radius 3 is 2.33 bits per heavy atom. The summed E-state index contributed by atoms with van der Waals surface area (Å²) in [5.41, 5.74) is 3.05. The summed E-state index contributed by atoms with van der Waals surface area (Å²) in [6.07, 6.45) is 0. The van der Waals surface area contributed by atoms with Gasteiger partial charge in [-0.15, -0.1) is 0 Å². The molecular weight excluding hydrogens is 263 g/mol. The number of nitrogens with one attached hydrogen (secondary N) is 1. The molecule has 0 amide bonds.